The molecule has 0 saturated carbocycles. The average Bonchev–Trinajstić information content (AvgIpc) is 2.83. The van der Waals surface area contributed by atoms with Gasteiger partial charge in [-0.15, -0.1) is 0 Å². The minimum atomic E-state index is -1.75. The zero-order valence-corrected chi connectivity index (χ0v) is 18.7. The summed E-state index contributed by atoms with van der Waals surface area (Å²) in [6.07, 6.45) is 0.230. The second-order valence-corrected chi connectivity index (χ2v) is 8.04. The molecule has 0 saturated heterocycles. The van der Waals surface area contributed by atoms with E-state index in [-0.39, 0.29) is 13.0 Å². The Balaban J connectivity index is 1.56. The molecule has 2 aromatic carbocycles. The molecule has 33 heavy (non-hydrogen) atoms. The van der Waals surface area contributed by atoms with Crippen LogP contribution in [0.1, 0.15) is 23.7 Å². The second-order valence-electron chi connectivity index (χ2n) is 8.04. The zero-order valence-electron chi connectivity index (χ0n) is 18.7. The largest absolute Gasteiger partial charge is 0.475 e. The van der Waals surface area contributed by atoms with Crippen molar-refractivity contribution in [2.24, 2.45) is 5.92 Å². The van der Waals surface area contributed by atoms with Crippen molar-refractivity contribution in [3.63, 3.8) is 0 Å². The number of carbonyl (C=O) groups excluding carboxylic acids is 2. The fourth-order valence-corrected chi connectivity index (χ4v) is 3.31. The Kier molecular flexibility index (Phi) is 8.35. The minimum Gasteiger partial charge on any atom is -0.426 e. The fraction of sp³-hybridized carbons (Fsp3) is 0.240. The number of benzene rings is 2. The van der Waals surface area contributed by atoms with Crippen molar-refractivity contribution in [2.45, 2.75) is 32.8 Å². The molecule has 0 aliphatic rings. The Hall–Kier alpha value is -3.49. The van der Waals surface area contributed by atoms with Crippen LogP contribution in [0.4, 0.5) is 0 Å². The maximum absolute atomic E-state index is 12.6. The number of rotatable bonds is 9. The molecular formula is C25H28BN3O4. The maximum Gasteiger partial charge on any atom is 0.475 e. The van der Waals surface area contributed by atoms with Gasteiger partial charge in [-0.1, -0.05) is 66.2 Å². The zero-order chi connectivity index (χ0) is 23.8. The van der Waals surface area contributed by atoms with Gasteiger partial charge in [0.15, 0.2) is 0 Å². The minimum absolute atomic E-state index is 0.173. The molecule has 0 fully saturated rings. The molecule has 2 atom stereocenters. The van der Waals surface area contributed by atoms with Crippen LogP contribution in [0.15, 0.2) is 72.8 Å². The summed E-state index contributed by atoms with van der Waals surface area (Å²) in [6.45, 7) is 3.61. The summed E-state index contributed by atoms with van der Waals surface area (Å²) in [7, 11) is -1.75. The lowest BCUT2D eigenvalue weighted by molar-refractivity contribution is -0.134. The predicted molar refractivity (Wildman–Crippen MR) is 128 cm³/mol. The number of hydrogen-bond donors (Lipinski definition) is 4. The van der Waals surface area contributed by atoms with Crippen molar-refractivity contribution >= 4 is 18.9 Å². The Morgan fingerprint density at radius 1 is 0.939 bits per heavy atom. The molecule has 8 heteroatoms. The van der Waals surface area contributed by atoms with Crippen molar-refractivity contribution in [3.05, 3.63) is 89.6 Å². The van der Waals surface area contributed by atoms with Crippen LogP contribution in [0.2, 0.25) is 0 Å². The van der Waals surface area contributed by atoms with E-state index in [9.17, 15) is 19.6 Å². The third-order valence-electron chi connectivity index (χ3n) is 5.37. The summed E-state index contributed by atoms with van der Waals surface area (Å²) in [5.74, 6) is -2.99. The predicted octanol–water partition coefficient (Wildman–Crippen LogP) is 2.05. The van der Waals surface area contributed by atoms with Gasteiger partial charge in [0.1, 0.15) is 5.92 Å². The molecule has 7 nitrogen and oxygen atoms in total. The lowest BCUT2D eigenvalue weighted by atomic mass is 9.75. The monoisotopic (exact) mass is 445 g/mol. The fourth-order valence-electron chi connectivity index (χ4n) is 3.31. The SMILES string of the molecule is Cc1ccc(C[C@H](NC(=O)C(C)C(=O)NCc2cccc(-c3ccccc3)n2)B(O)O)cc1. The summed E-state index contributed by atoms with van der Waals surface area (Å²) in [4.78, 5) is 29.7. The molecule has 1 heterocycles. The van der Waals surface area contributed by atoms with E-state index in [1.807, 2.05) is 73.7 Å². The van der Waals surface area contributed by atoms with Crippen LogP contribution in [-0.2, 0) is 22.6 Å². The van der Waals surface area contributed by atoms with Crippen molar-refractivity contribution in [1.29, 1.82) is 0 Å². The maximum atomic E-state index is 12.6. The van der Waals surface area contributed by atoms with Gasteiger partial charge in [0, 0.05) is 5.56 Å². The van der Waals surface area contributed by atoms with Crippen LogP contribution in [0, 0.1) is 12.8 Å². The van der Waals surface area contributed by atoms with Gasteiger partial charge in [-0.2, -0.15) is 0 Å². The Morgan fingerprint density at radius 2 is 1.64 bits per heavy atom. The van der Waals surface area contributed by atoms with Gasteiger partial charge in [0.2, 0.25) is 11.8 Å². The Morgan fingerprint density at radius 3 is 2.30 bits per heavy atom. The Labute approximate surface area is 194 Å². The second kappa shape index (κ2) is 11.4. The third kappa shape index (κ3) is 7.00. The van der Waals surface area contributed by atoms with Gasteiger partial charge in [0.25, 0.3) is 0 Å². The number of hydrogen-bond acceptors (Lipinski definition) is 5. The van der Waals surface area contributed by atoms with Crippen molar-refractivity contribution < 1.29 is 19.6 Å². The molecule has 1 unspecified atom stereocenters. The number of nitrogens with one attached hydrogen (secondary N) is 2. The summed E-state index contributed by atoms with van der Waals surface area (Å²) in [5.41, 5.74) is 4.36. The normalized spacial score (nSPS) is 12.5. The van der Waals surface area contributed by atoms with Crippen molar-refractivity contribution in [2.75, 3.05) is 0 Å². The van der Waals surface area contributed by atoms with Crippen LogP contribution < -0.4 is 10.6 Å². The van der Waals surface area contributed by atoms with Gasteiger partial charge in [0.05, 0.1) is 23.9 Å². The van der Waals surface area contributed by atoms with Crippen molar-refractivity contribution in [3.8, 4) is 11.3 Å². The van der Waals surface area contributed by atoms with Crippen LogP contribution >= 0.6 is 0 Å². The standard InChI is InChI=1S/C25H28BN3O4/c1-17-11-13-19(14-12-17)15-23(26(32)33)29-25(31)18(2)24(30)27-16-21-9-6-10-22(28-21)20-7-4-3-5-8-20/h3-14,18,23,32-33H,15-16H2,1-2H3,(H,27,30)(H,29,31)/t18?,23-/m0/s1. The highest BCUT2D eigenvalue weighted by atomic mass is 16.4. The quantitative estimate of drug-likeness (QED) is 0.298. The van der Waals surface area contributed by atoms with E-state index in [2.05, 4.69) is 15.6 Å². The lowest BCUT2D eigenvalue weighted by Gasteiger charge is -2.20. The highest BCUT2D eigenvalue weighted by Crippen LogP contribution is 2.16. The van der Waals surface area contributed by atoms with Crippen LogP contribution in [0.25, 0.3) is 11.3 Å². The topological polar surface area (TPSA) is 112 Å². The van der Waals surface area contributed by atoms with Gasteiger partial charge >= 0.3 is 7.12 Å². The molecule has 0 spiro atoms. The van der Waals surface area contributed by atoms with Crippen molar-refractivity contribution in [1.82, 2.24) is 15.6 Å². The highest BCUT2D eigenvalue weighted by molar-refractivity contribution is 6.43. The van der Waals surface area contributed by atoms with E-state index in [0.717, 1.165) is 22.4 Å². The lowest BCUT2D eigenvalue weighted by Crippen LogP contribution is -2.51. The molecule has 170 valence electrons. The molecule has 3 rings (SSSR count). The summed E-state index contributed by atoms with van der Waals surface area (Å²) in [5, 5.41) is 24.7. The number of amides is 2. The first-order valence-electron chi connectivity index (χ1n) is 10.8. The number of pyridine rings is 1. The van der Waals surface area contributed by atoms with E-state index in [0.29, 0.717) is 5.69 Å². The molecule has 1 aromatic heterocycles. The smallest absolute Gasteiger partial charge is 0.426 e. The molecule has 0 bridgehead atoms. The molecule has 0 radical (unpaired) electrons. The Bertz CT molecular complexity index is 1070. The molecule has 4 N–H and O–H groups in total. The van der Waals surface area contributed by atoms with E-state index in [1.165, 1.54) is 6.92 Å². The van der Waals surface area contributed by atoms with E-state index in [1.54, 1.807) is 6.07 Å². The van der Waals surface area contributed by atoms with Crippen LogP contribution in [0.5, 0.6) is 0 Å². The third-order valence-corrected chi connectivity index (χ3v) is 5.37. The summed E-state index contributed by atoms with van der Waals surface area (Å²) < 4.78 is 0. The number of nitrogens with zero attached hydrogens (tertiary/aromatic N) is 1. The molecular weight excluding hydrogens is 417 g/mol. The number of aryl methyl sites for hydroxylation is 1. The number of aromatic nitrogens is 1. The molecule has 0 aliphatic heterocycles. The summed E-state index contributed by atoms with van der Waals surface area (Å²) >= 11 is 0. The van der Waals surface area contributed by atoms with E-state index < -0.39 is 30.8 Å². The first-order chi connectivity index (χ1) is 15.8. The van der Waals surface area contributed by atoms with Gasteiger partial charge in [-0.05, 0) is 38.0 Å². The molecule has 2 amide bonds. The van der Waals surface area contributed by atoms with Gasteiger partial charge in [-0.3, -0.25) is 14.6 Å². The average molecular weight is 445 g/mol. The van der Waals surface area contributed by atoms with Crippen LogP contribution in [0.3, 0.4) is 0 Å². The first-order valence-corrected chi connectivity index (χ1v) is 10.8. The molecule has 0 aliphatic carbocycles. The summed E-state index contributed by atoms with van der Waals surface area (Å²) in [6, 6.07) is 22.8. The van der Waals surface area contributed by atoms with Gasteiger partial charge in [-0.25, -0.2) is 0 Å². The van der Waals surface area contributed by atoms with E-state index in [4.69, 9.17) is 0 Å². The first kappa shape index (κ1) is 24.2. The van der Waals surface area contributed by atoms with Crippen LogP contribution in [-0.4, -0.2) is 39.9 Å². The number of carbonyl (C=O) groups is 2. The van der Waals surface area contributed by atoms with E-state index >= 15 is 0 Å². The van der Waals surface area contributed by atoms with Gasteiger partial charge < -0.3 is 20.7 Å². The molecule has 3 aromatic rings. The highest BCUT2D eigenvalue weighted by Gasteiger charge is 2.29.